The highest BCUT2D eigenvalue weighted by Crippen LogP contribution is 2.30. The topological polar surface area (TPSA) is 55.1 Å². The van der Waals surface area contributed by atoms with E-state index in [1.165, 1.54) is 0 Å². The Kier molecular flexibility index (Phi) is 3.74. The molecule has 1 aromatic rings. The van der Waals surface area contributed by atoms with Crippen LogP contribution in [0.25, 0.3) is 0 Å². The maximum atomic E-state index is 10.5. The molecule has 0 saturated carbocycles. The lowest BCUT2D eigenvalue weighted by Gasteiger charge is -2.08. The Bertz CT molecular complexity index is 308. The SMILES string of the molecule is NC(=O)CNc1c(Br)cccc1Br. The highest BCUT2D eigenvalue weighted by Gasteiger charge is 2.04. The van der Waals surface area contributed by atoms with Gasteiger partial charge < -0.3 is 11.1 Å². The van der Waals surface area contributed by atoms with E-state index in [1.54, 1.807) is 0 Å². The van der Waals surface area contributed by atoms with Crippen LogP contribution in [0.5, 0.6) is 0 Å². The lowest BCUT2D eigenvalue weighted by atomic mass is 10.3. The second-order valence-corrected chi connectivity index (χ2v) is 4.13. The first kappa shape index (κ1) is 10.5. The summed E-state index contributed by atoms with van der Waals surface area (Å²) in [6, 6.07) is 5.66. The van der Waals surface area contributed by atoms with Crippen molar-refractivity contribution in [3.63, 3.8) is 0 Å². The molecule has 0 aromatic heterocycles. The molecule has 0 aliphatic carbocycles. The summed E-state index contributed by atoms with van der Waals surface area (Å²) in [5.41, 5.74) is 5.84. The minimum absolute atomic E-state index is 0.126. The van der Waals surface area contributed by atoms with E-state index >= 15 is 0 Å². The maximum Gasteiger partial charge on any atom is 0.236 e. The summed E-state index contributed by atoms with van der Waals surface area (Å²) in [6.45, 7) is 0.126. The Balaban J connectivity index is 2.81. The molecule has 13 heavy (non-hydrogen) atoms. The van der Waals surface area contributed by atoms with Crippen molar-refractivity contribution in [2.75, 3.05) is 11.9 Å². The Labute approximate surface area is 92.9 Å². The Morgan fingerprint density at radius 2 is 1.92 bits per heavy atom. The second kappa shape index (κ2) is 4.62. The normalized spacial score (nSPS) is 9.69. The van der Waals surface area contributed by atoms with Crippen LogP contribution < -0.4 is 11.1 Å². The van der Waals surface area contributed by atoms with E-state index in [1.807, 2.05) is 18.2 Å². The molecule has 70 valence electrons. The molecule has 0 fully saturated rings. The minimum atomic E-state index is -0.386. The first-order chi connectivity index (χ1) is 6.11. The van der Waals surface area contributed by atoms with Crippen molar-refractivity contribution in [1.29, 1.82) is 0 Å². The van der Waals surface area contributed by atoms with E-state index in [0.29, 0.717) is 0 Å². The third kappa shape index (κ3) is 3.00. The molecule has 0 heterocycles. The average molecular weight is 308 g/mol. The largest absolute Gasteiger partial charge is 0.374 e. The molecular formula is C8H8Br2N2O. The molecule has 0 aliphatic rings. The molecule has 1 aromatic carbocycles. The molecular weight excluding hydrogens is 300 g/mol. The molecule has 1 rings (SSSR count). The van der Waals surface area contributed by atoms with Crippen LogP contribution in [0.1, 0.15) is 0 Å². The van der Waals surface area contributed by atoms with Crippen LogP contribution in [0.2, 0.25) is 0 Å². The van der Waals surface area contributed by atoms with Gasteiger partial charge in [-0.15, -0.1) is 0 Å². The molecule has 0 aliphatic heterocycles. The van der Waals surface area contributed by atoms with Crippen molar-refractivity contribution < 1.29 is 4.79 Å². The smallest absolute Gasteiger partial charge is 0.236 e. The van der Waals surface area contributed by atoms with Crippen LogP contribution in [0.4, 0.5) is 5.69 Å². The van der Waals surface area contributed by atoms with Gasteiger partial charge in [-0.3, -0.25) is 4.79 Å². The molecule has 0 spiro atoms. The summed E-state index contributed by atoms with van der Waals surface area (Å²) in [5.74, 6) is -0.386. The van der Waals surface area contributed by atoms with Crippen molar-refractivity contribution in [1.82, 2.24) is 0 Å². The average Bonchev–Trinajstić information content (AvgIpc) is 2.03. The van der Waals surface area contributed by atoms with Gasteiger partial charge in [-0.1, -0.05) is 6.07 Å². The number of anilines is 1. The predicted molar refractivity (Wildman–Crippen MR) is 59.5 cm³/mol. The molecule has 3 nitrogen and oxygen atoms in total. The number of hydrogen-bond donors (Lipinski definition) is 2. The molecule has 5 heteroatoms. The number of carbonyl (C=O) groups excluding carboxylic acids is 1. The molecule has 0 radical (unpaired) electrons. The predicted octanol–water partition coefficient (Wildman–Crippen LogP) is 2.11. The third-order valence-corrected chi connectivity index (χ3v) is 2.72. The summed E-state index contributed by atoms with van der Waals surface area (Å²) in [5, 5.41) is 2.91. The Morgan fingerprint density at radius 1 is 1.38 bits per heavy atom. The number of nitrogens with one attached hydrogen (secondary N) is 1. The zero-order chi connectivity index (χ0) is 9.84. The zero-order valence-electron chi connectivity index (χ0n) is 6.68. The molecule has 0 unspecified atom stereocenters. The summed E-state index contributed by atoms with van der Waals surface area (Å²) < 4.78 is 1.78. The molecule has 1 amide bonds. The van der Waals surface area contributed by atoms with Gasteiger partial charge in [-0.2, -0.15) is 0 Å². The number of carbonyl (C=O) groups is 1. The lowest BCUT2D eigenvalue weighted by molar-refractivity contribution is -0.116. The quantitative estimate of drug-likeness (QED) is 0.898. The van der Waals surface area contributed by atoms with Crippen molar-refractivity contribution in [2.24, 2.45) is 5.73 Å². The van der Waals surface area contributed by atoms with Gasteiger partial charge in [0.1, 0.15) is 0 Å². The van der Waals surface area contributed by atoms with E-state index < -0.39 is 0 Å². The van der Waals surface area contributed by atoms with Gasteiger partial charge in [0.25, 0.3) is 0 Å². The summed E-state index contributed by atoms with van der Waals surface area (Å²) in [4.78, 5) is 10.5. The van der Waals surface area contributed by atoms with Crippen molar-refractivity contribution in [2.45, 2.75) is 0 Å². The Hall–Kier alpha value is -0.550. The number of halogens is 2. The van der Waals surface area contributed by atoms with Crippen LogP contribution in [0, 0.1) is 0 Å². The van der Waals surface area contributed by atoms with E-state index in [-0.39, 0.29) is 12.5 Å². The van der Waals surface area contributed by atoms with Gasteiger partial charge in [0, 0.05) is 8.95 Å². The number of benzene rings is 1. The van der Waals surface area contributed by atoms with E-state index in [2.05, 4.69) is 37.2 Å². The fraction of sp³-hybridized carbons (Fsp3) is 0.125. The first-order valence-electron chi connectivity index (χ1n) is 3.57. The van der Waals surface area contributed by atoms with Crippen LogP contribution in [-0.4, -0.2) is 12.5 Å². The second-order valence-electron chi connectivity index (χ2n) is 2.42. The number of para-hydroxylation sites is 1. The molecule has 0 saturated heterocycles. The van der Waals surface area contributed by atoms with Gasteiger partial charge >= 0.3 is 0 Å². The van der Waals surface area contributed by atoms with Gasteiger partial charge in [0.2, 0.25) is 5.91 Å². The zero-order valence-corrected chi connectivity index (χ0v) is 9.85. The summed E-state index contributed by atoms with van der Waals surface area (Å²) in [6.07, 6.45) is 0. The van der Waals surface area contributed by atoms with E-state index in [0.717, 1.165) is 14.6 Å². The lowest BCUT2D eigenvalue weighted by Crippen LogP contribution is -2.22. The molecule has 0 bridgehead atoms. The van der Waals surface area contributed by atoms with Crippen LogP contribution in [0.3, 0.4) is 0 Å². The van der Waals surface area contributed by atoms with Crippen LogP contribution in [-0.2, 0) is 4.79 Å². The fourth-order valence-electron chi connectivity index (χ4n) is 0.842. The van der Waals surface area contributed by atoms with Gasteiger partial charge in [-0.05, 0) is 44.0 Å². The highest BCUT2D eigenvalue weighted by atomic mass is 79.9. The number of amides is 1. The highest BCUT2D eigenvalue weighted by molar-refractivity contribution is 9.11. The van der Waals surface area contributed by atoms with Crippen molar-refractivity contribution in [3.05, 3.63) is 27.1 Å². The molecule has 3 N–H and O–H groups in total. The first-order valence-corrected chi connectivity index (χ1v) is 5.16. The summed E-state index contributed by atoms with van der Waals surface area (Å²) >= 11 is 6.71. The number of nitrogens with two attached hydrogens (primary N) is 1. The Morgan fingerprint density at radius 3 is 2.38 bits per heavy atom. The van der Waals surface area contributed by atoms with Crippen molar-refractivity contribution in [3.8, 4) is 0 Å². The minimum Gasteiger partial charge on any atom is -0.374 e. The number of rotatable bonds is 3. The van der Waals surface area contributed by atoms with Gasteiger partial charge in [0.15, 0.2) is 0 Å². The van der Waals surface area contributed by atoms with Gasteiger partial charge in [0.05, 0.1) is 12.2 Å². The maximum absolute atomic E-state index is 10.5. The van der Waals surface area contributed by atoms with Crippen LogP contribution in [0.15, 0.2) is 27.1 Å². The van der Waals surface area contributed by atoms with Crippen LogP contribution >= 0.6 is 31.9 Å². The molecule has 0 atom stereocenters. The van der Waals surface area contributed by atoms with Gasteiger partial charge in [-0.25, -0.2) is 0 Å². The number of primary amides is 1. The fourth-order valence-corrected chi connectivity index (χ4v) is 2.12. The standard InChI is InChI=1S/C8H8Br2N2O/c9-5-2-1-3-6(10)8(5)12-4-7(11)13/h1-3,12H,4H2,(H2,11,13). The van der Waals surface area contributed by atoms with E-state index in [9.17, 15) is 4.79 Å². The third-order valence-electron chi connectivity index (χ3n) is 1.40. The number of hydrogen-bond acceptors (Lipinski definition) is 2. The van der Waals surface area contributed by atoms with E-state index in [4.69, 9.17) is 5.73 Å². The monoisotopic (exact) mass is 306 g/mol. The summed E-state index contributed by atoms with van der Waals surface area (Å²) in [7, 11) is 0. The van der Waals surface area contributed by atoms with Crippen molar-refractivity contribution >= 4 is 43.5 Å².